The van der Waals surface area contributed by atoms with Crippen LogP contribution in [0, 0.1) is 0 Å². The standard InChI is InChI=1S/C19H15ClF3N3O3S/c20-14-7-1-2-9-16(14)30(27,28)26-10-4-8-15(26)18-24-17(25-29-18)12-5-3-6-13(11-12)19(21,22)23/h1-3,5-7,9,11,15H,4,8,10H2. The van der Waals surface area contributed by atoms with Crippen molar-refractivity contribution in [3.05, 3.63) is 65.0 Å². The molecule has 3 aromatic rings. The third-order valence-electron chi connectivity index (χ3n) is 4.80. The van der Waals surface area contributed by atoms with Gasteiger partial charge >= 0.3 is 6.18 Å². The summed E-state index contributed by atoms with van der Waals surface area (Å²) in [6, 6.07) is 9.91. The molecule has 1 saturated heterocycles. The van der Waals surface area contributed by atoms with Gasteiger partial charge in [0.25, 0.3) is 0 Å². The summed E-state index contributed by atoms with van der Waals surface area (Å²) >= 11 is 6.07. The van der Waals surface area contributed by atoms with Crippen molar-refractivity contribution in [3.8, 4) is 11.4 Å². The minimum atomic E-state index is -4.51. The summed E-state index contributed by atoms with van der Waals surface area (Å²) in [5.41, 5.74) is -0.714. The summed E-state index contributed by atoms with van der Waals surface area (Å²) in [4.78, 5) is 4.15. The van der Waals surface area contributed by atoms with Gasteiger partial charge in [0.05, 0.1) is 10.6 Å². The Morgan fingerprint density at radius 2 is 1.90 bits per heavy atom. The van der Waals surface area contributed by atoms with E-state index in [1.54, 1.807) is 12.1 Å². The molecule has 0 saturated carbocycles. The maximum Gasteiger partial charge on any atom is 0.416 e. The Labute approximate surface area is 175 Å². The van der Waals surface area contributed by atoms with Crippen LogP contribution in [0.5, 0.6) is 0 Å². The third kappa shape index (κ3) is 3.82. The van der Waals surface area contributed by atoms with E-state index < -0.39 is 27.8 Å². The molecule has 1 aromatic heterocycles. The molecule has 30 heavy (non-hydrogen) atoms. The lowest BCUT2D eigenvalue weighted by Crippen LogP contribution is -2.31. The van der Waals surface area contributed by atoms with Crippen LogP contribution in [-0.2, 0) is 16.2 Å². The highest BCUT2D eigenvalue weighted by molar-refractivity contribution is 7.89. The van der Waals surface area contributed by atoms with Gasteiger partial charge in [0.2, 0.25) is 21.7 Å². The molecule has 158 valence electrons. The van der Waals surface area contributed by atoms with E-state index in [2.05, 4.69) is 10.1 Å². The van der Waals surface area contributed by atoms with Gasteiger partial charge in [-0.3, -0.25) is 0 Å². The molecule has 0 amide bonds. The van der Waals surface area contributed by atoms with Crippen LogP contribution in [0.4, 0.5) is 13.2 Å². The molecule has 2 aromatic carbocycles. The number of sulfonamides is 1. The fraction of sp³-hybridized carbons (Fsp3) is 0.263. The third-order valence-corrected chi connectivity index (χ3v) is 7.21. The second-order valence-electron chi connectivity index (χ2n) is 6.74. The molecular formula is C19H15ClF3N3O3S. The van der Waals surface area contributed by atoms with Gasteiger partial charge in [-0.05, 0) is 37.1 Å². The molecule has 1 aliphatic heterocycles. The zero-order chi connectivity index (χ0) is 21.5. The average molecular weight is 458 g/mol. The minimum absolute atomic E-state index is 0.0236. The van der Waals surface area contributed by atoms with Crippen LogP contribution in [0.25, 0.3) is 11.4 Å². The number of rotatable bonds is 4. The van der Waals surface area contributed by atoms with E-state index in [1.165, 1.54) is 28.6 Å². The number of nitrogens with zero attached hydrogens (tertiary/aromatic N) is 3. The minimum Gasteiger partial charge on any atom is -0.337 e. The fourth-order valence-corrected chi connectivity index (χ4v) is 5.52. The van der Waals surface area contributed by atoms with Crippen LogP contribution in [0.15, 0.2) is 57.9 Å². The second kappa shape index (κ2) is 7.68. The zero-order valence-corrected chi connectivity index (χ0v) is 16.9. The highest BCUT2D eigenvalue weighted by Crippen LogP contribution is 2.38. The van der Waals surface area contributed by atoms with Gasteiger partial charge in [0.15, 0.2) is 0 Å². The van der Waals surface area contributed by atoms with Crippen molar-refractivity contribution in [2.45, 2.75) is 30.0 Å². The Morgan fingerprint density at radius 1 is 1.13 bits per heavy atom. The molecule has 1 unspecified atom stereocenters. The summed E-state index contributed by atoms with van der Waals surface area (Å²) in [6.07, 6.45) is -3.50. The number of halogens is 4. The van der Waals surface area contributed by atoms with Crippen molar-refractivity contribution in [1.29, 1.82) is 0 Å². The van der Waals surface area contributed by atoms with Crippen molar-refractivity contribution in [2.75, 3.05) is 6.54 Å². The van der Waals surface area contributed by atoms with E-state index in [-0.39, 0.29) is 33.7 Å². The van der Waals surface area contributed by atoms with Gasteiger partial charge in [0, 0.05) is 12.1 Å². The van der Waals surface area contributed by atoms with Gasteiger partial charge in [-0.15, -0.1) is 0 Å². The van der Waals surface area contributed by atoms with Crippen molar-refractivity contribution < 1.29 is 26.1 Å². The van der Waals surface area contributed by atoms with Gasteiger partial charge in [0.1, 0.15) is 10.9 Å². The number of alkyl halides is 3. The van der Waals surface area contributed by atoms with Crippen LogP contribution in [0.1, 0.15) is 30.3 Å². The maximum atomic E-state index is 13.1. The zero-order valence-electron chi connectivity index (χ0n) is 15.3. The molecule has 11 heteroatoms. The lowest BCUT2D eigenvalue weighted by Gasteiger charge is -2.21. The molecular weight excluding hydrogens is 443 g/mol. The summed E-state index contributed by atoms with van der Waals surface area (Å²) in [7, 11) is -3.92. The maximum absolute atomic E-state index is 13.1. The molecule has 1 atom stereocenters. The van der Waals surface area contributed by atoms with Gasteiger partial charge in [-0.1, -0.05) is 41.0 Å². The van der Waals surface area contributed by atoms with Crippen molar-refractivity contribution in [1.82, 2.24) is 14.4 Å². The predicted octanol–water partition coefficient (Wildman–Crippen LogP) is 4.93. The fourth-order valence-electron chi connectivity index (χ4n) is 3.38. The predicted molar refractivity (Wildman–Crippen MR) is 102 cm³/mol. The highest BCUT2D eigenvalue weighted by atomic mass is 35.5. The first kappa shape index (κ1) is 20.8. The van der Waals surface area contributed by atoms with Crippen LogP contribution in [0.2, 0.25) is 5.02 Å². The van der Waals surface area contributed by atoms with E-state index in [9.17, 15) is 21.6 Å². The first-order valence-electron chi connectivity index (χ1n) is 8.95. The van der Waals surface area contributed by atoms with Crippen LogP contribution < -0.4 is 0 Å². The topological polar surface area (TPSA) is 76.3 Å². The number of hydrogen-bond donors (Lipinski definition) is 0. The van der Waals surface area contributed by atoms with E-state index >= 15 is 0 Å². The first-order valence-corrected chi connectivity index (χ1v) is 10.8. The quantitative estimate of drug-likeness (QED) is 0.555. The van der Waals surface area contributed by atoms with Gasteiger partial charge in [-0.2, -0.15) is 22.5 Å². The monoisotopic (exact) mass is 457 g/mol. The Balaban J connectivity index is 1.66. The SMILES string of the molecule is O=S(=O)(c1ccccc1Cl)N1CCCC1c1nc(-c2cccc(C(F)(F)F)c2)no1. The molecule has 6 nitrogen and oxygen atoms in total. The average Bonchev–Trinajstić information content (AvgIpc) is 3.37. The lowest BCUT2D eigenvalue weighted by molar-refractivity contribution is -0.137. The Morgan fingerprint density at radius 3 is 2.63 bits per heavy atom. The molecule has 2 heterocycles. The van der Waals surface area contributed by atoms with Crippen molar-refractivity contribution in [3.63, 3.8) is 0 Å². The molecule has 0 bridgehead atoms. The molecule has 1 fully saturated rings. The summed E-state index contributed by atoms with van der Waals surface area (Å²) in [5.74, 6) is -0.0198. The largest absolute Gasteiger partial charge is 0.416 e. The molecule has 1 aliphatic rings. The van der Waals surface area contributed by atoms with Crippen LogP contribution in [-0.4, -0.2) is 29.4 Å². The Kier molecular flexibility index (Phi) is 5.33. The molecule has 0 radical (unpaired) electrons. The normalized spacial score (nSPS) is 18.1. The van der Waals surface area contributed by atoms with E-state index in [0.717, 1.165) is 12.1 Å². The second-order valence-corrected chi connectivity index (χ2v) is 9.01. The van der Waals surface area contributed by atoms with Crippen molar-refractivity contribution in [2.24, 2.45) is 0 Å². The van der Waals surface area contributed by atoms with Crippen LogP contribution >= 0.6 is 11.6 Å². The number of benzene rings is 2. The highest BCUT2D eigenvalue weighted by Gasteiger charge is 2.40. The summed E-state index contributed by atoms with van der Waals surface area (Å²) in [5, 5.41) is 3.86. The van der Waals surface area contributed by atoms with E-state index in [1.807, 2.05) is 0 Å². The van der Waals surface area contributed by atoms with E-state index in [0.29, 0.717) is 12.8 Å². The Bertz CT molecular complexity index is 1180. The summed E-state index contributed by atoms with van der Waals surface area (Å²) in [6.45, 7) is 0.236. The molecule has 4 rings (SSSR count). The van der Waals surface area contributed by atoms with Gasteiger partial charge in [-0.25, -0.2) is 8.42 Å². The number of hydrogen-bond acceptors (Lipinski definition) is 5. The molecule has 0 N–H and O–H groups in total. The van der Waals surface area contributed by atoms with Crippen LogP contribution in [0.3, 0.4) is 0 Å². The van der Waals surface area contributed by atoms with E-state index in [4.69, 9.17) is 16.1 Å². The Hall–Kier alpha value is -2.43. The van der Waals surface area contributed by atoms with Gasteiger partial charge < -0.3 is 4.52 Å². The first-order chi connectivity index (χ1) is 14.2. The summed E-state index contributed by atoms with van der Waals surface area (Å²) < 4.78 is 71.6. The van der Waals surface area contributed by atoms with Crippen molar-refractivity contribution >= 4 is 21.6 Å². The molecule has 0 spiro atoms. The smallest absolute Gasteiger partial charge is 0.337 e. The molecule has 0 aliphatic carbocycles. The number of aromatic nitrogens is 2. The lowest BCUT2D eigenvalue weighted by atomic mass is 10.1.